The second-order valence-corrected chi connectivity index (χ2v) is 8.88. The average molecular weight is 431 g/mol. The Labute approximate surface area is 183 Å². The molecule has 0 amide bonds. The van der Waals surface area contributed by atoms with E-state index in [-0.39, 0.29) is 11.6 Å². The van der Waals surface area contributed by atoms with Crippen LogP contribution in [0.2, 0.25) is 10.0 Å². The van der Waals surface area contributed by atoms with E-state index in [0.29, 0.717) is 10.0 Å². The first-order valence-corrected chi connectivity index (χ1v) is 11.1. The number of hydrogen-bond acceptors (Lipinski definition) is 2. The van der Waals surface area contributed by atoms with Gasteiger partial charge in [-0.25, -0.2) is 0 Å². The summed E-state index contributed by atoms with van der Waals surface area (Å²) in [6.07, 6.45) is 3.92. The van der Waals surface area contributed by atoms with Crippen LogP contribution in [0.1, 0.15) is 49.1 Å². The highest BCUT2D eigenvalue weighted by Crippen LogP contribution is 2.42. The van der Waals surface area contributed by atoms with Gasteiger partial charge in [-0.15, -0.1) is 0 Å². The molecule has 0 aliphatic carbocycles. The quantitative estimate of drug-likeness (QED) is 0.468. The molecular formula is C24H28Cl2N2O. The van der Waals surface area contributed by atoms with E-state index >= 15 is 0 Å². The highest BCUT2D eigenvalue weighted by molar-refractivity contribution is 6.45. The summed E-state index contributed by atoms with van der Waals surface area (Å²) in [4.78, 5) is 5.90. The highest BCUT2D eigenvalue weighted by Gasteiger charge is 2.35. The van der Waals surface area contributed by atoms with Crippen molar-refractivity contribution in [2.24, 2.45) is 0 Å². The standard InChI is InChI=1S/C24H28Cl2N2O/c1-4-24(28(2)3,16-8-6-5-7-9-16)14-12-20-22-18(13-15-29-20)17-10-11-19(25)21(26)23(17)27-22/h5-11,20,27H,4,12-15H2,1-3H3. The van der Waals surface area contributed by atoms with E-state index in [4.69, 9.17) is 27.9 Å². The molecule has 5 heteroatoms. The Hall–Kier alpha value is -1.52. The molecule has 154 valence electrons. The third kappa shape index (κ3) is 3.59. The van der Waals surface area contributed by atoms with Gasteiger partial charge in [0.15, 0.2) is 0 Å². The van der Waals surface area contributed by atoms with Gasteiger partial charge in [0.2, 0.25) is 0 Å². The number of nitrogens with one attached hydrogen (secondary N) is 1. The summed E-state index contributed by atoms with van der Waals surface area (Å²) in [6, 6.07) is 14.8. The molecular weight excluding hydrogens is 403 g/mol. The zero-order valence-corrected chi connectivity index (χ0v) is 18.8. The van der Waals surface area contributed by atoms with Gasteiger partial charge in [-0.1, -0.05) is 66.5 Å². The molecule has 0 fully saturated rings. The molecule has 2 heterocycles. The van der Waals surface area contributed by atoms with E-state index in [1.165, 1.54) is 16.5 Å². The second-order valence-electron chi connectivity index (χ2n) is 8.09. The van der Waals surface area contributed by atoms with Crippen LogP contribution in [0.4, 0.5) is 0 Å². The van der Waals surface area contributed by atoms with Crippen LogP contribution in [0.3, 0.4) is 0 Å². The summed E-state index contributed by atoms with van der Waals surface area (Å²) in [5.41, 5.74) is 4.75. The van der Waals surface area contributed by atoms with Gasteiger partial charge in [-0.2, -0.15) is 0 Å². The predicted octanol–water partition coefficient (Wildman–Crippen LogP) is 6.74. The number of fused-ring (bicyclic) bond motifs is 3. The zero-order valence-electron chi connectivity index (χ0n) is 17.3. The first-order chi connectivity index (χ1) is 14.0. The molecule has 0 spiro atoms. The number of rotatable bonds is 6. The molecule has 1 aliphatic rings. The lowest BCUT2D eigenvalue weighted by atomic mass is 9.80. The van der Waals surface area contributed by atoms with Crippen LogP contribution >= 0.6 is 23.2 Å². The Kier molecular flexibility index (Phi) is 5.94. The number of hydrogen-bond donors (Lipinski definition) is 1. The lowest BCUT2D eigenvalue weighted by Crippen LogP contribution is -2.41. The van der Waals surface area contributed by atoms with Gasteiger partial charge in [0.1, 0.15) is 0 Å². The molecule has 2 aromatic carbocycles. The van der Waals surface area contributed by atoms with Crippen molar-refractivity contribution in [2.75, 3.05) is 20.7 Å². The van der Waals surface area contributed by atoms with Crippen molar-refractivity contribution in [1.82, 2.24) is 9.88 Å². The molecule has 0 saturated heterocycles. The second kappa shape index (κ2) is 8.31. The van der Waals surface area contributed by atoms with Gasteiger partial charge >= 0.3 is 0 Å². The Morgan fingerprint density at radius 2 is 1.90 bits per heavy atom. The third-order valence-electron chi connectivity index (χ3n) is 6.57. The molecule has 2 atom stereocenters. The summed E-state index contributed by atoms with van der Waals surface area (Å²) in [6.45, 7) is 3.00. The van der Waals surface area contributed by atoms with Gasteiger partial charge in [-0.05, 0) is 57.0 Å². The summed E-state index contributed by atoms with van der Waals surface area (Å²) in [5, 5.41) is 2.34. The first-order valence-electron chi connectivity index (χ1n) is 10.3. The average Bonchev–Trinajstić information content (AvgIpc) is 3.12. The van der Waals surface area contributed by atoms with Crippen molar-refractivity contribution < 1.29 is 4.74 Å². The predicted molar refractivity (Wildman–Crippen MR) is 122 cm³/mol. The molecule has 3 aromatic rings. The SMILES string of the molecule is CCC(CCC1OCCc2c1[nH]c1c(Cl)c(Cl)ccc21)(c1ccccc1)N(C)C. The van der Waals surface area contributed by atoms with Crippen molar-refractivity contribution in [1.29, 1.82) is 0 Å². The molecule has 1 aromatic heterocycles. The number of halogens is 2. The number of aromatic nitrogens is 1. The number of ether oxygens (including phenoxy) is 1. The van der Waals surface area contributed by atoms with Crippen LogP contribution in [0.25, 0.3) is 10.9 Å². The number of nitrogens with zero attached hydrogens (tertiary/aromatic N) is 1. The summed E-state index contributed by atoms with van der Waals surface area (Å²) in [7, 11) is 4.35. The maximum absolute atomic E-state index is 6.48. The third-order valence-corrected chi connectivity index (χ3v) is 7.37. The zero-order chi connectivity index (χ0) is 20.6. The van der Waals surface area contributed by atoms with E-state index in [1.807, 2.05) is 6.07 Å². The van der Waals surface area contributed by atoms with Crippen molar-refractivity contribution in [3.63, 3.8) is 0 Å². The molecule has 4 rings (SSSR count). The van der Waals surface area contributed by atoms with Gasteiger partial charge in [0.05, 0.1) is 28.3 Å². The van der Waals surface area contributed by atoms with Gasteiger partial charge in [0.25, 0.3) is 0 Å². The van der Waals surface area contributed by atoms with Crippen molar-refractivity contribution in [3.05, 3.63) is 69.3 Å². The van der Waals surface area contributed by atoms with Crippen LogP contribution in [-0.4, -0.2) is 30.6 Å². The topological polar surface area (TPSA) is 28.3 Å². The van der Waals surface area contributed by atoms with Crippen LogP contribution < -0.4 is 0 Å². The Balaban J connectivity index is 1.66. The molecule has 1 N–H and O–H groups in total. The largest absolute Gasteiger partial charge is 0.372 e. The molecule has 0 saturated carbocycles. The molecule has 29 heavy (non-hydrogen) atoms. The van der Waals surface area contributed by atoms with Crippen molar-refractivity contribution in [3.8, 4) is 0 Å². The van der Waals surface area contributed by atoms with E-state index in [0.717, 1.165) is 43.5 Å². The molecule has 0 radical (unpaired) electrons. The number of benzene rings is 2. The first kappa shape index (κ1) is 20.7. The van der Waals surface area contributed by atoms with Crippen molar-refractivity contribution >= 4 is 34.1 Å². The fourth-order valence-electron chi connectivity index (χ4n) is 4.88. The van der Waals surface area contributed by atoms with E-state index in [9.17, 15) is 0 Å². The van der Waals surface area contributed by atoms with Crippen molar-refractivity contribution in [2.45, 2.75) is 44.2 Å². The van der Waals surface area contributed by atoms with Crippen LogP contribution in [0.5, 0.6) is 0 Å². The molecule has 3 nitrogen and oxygen atoms in total. The smallest absolute Gasteiger partial charge is 0.0976 e. The Morgan fingerprint density at radius 3 is 2.59 bits per heavy atom. The minimum Gasteiger partial charge on any atom is -0.372 e. The van der Waals surface area contributed by atoms with Crippen LogP contribution in [0.15, 0.2) is 42.5 Å². The van der Waals surface area contributed by atoms with Gasteiger partial charge < -0.3 is 9.72 Å². The van der Waals surface area contributed by atoms with Crippen LogP contribution in [-0.2, 0) is 16.7 Å². The molecule has 0 bridgehead atoms. The fraction of sp³-hybridized carbons (Fsp3) is 0.417. The minimum absolute atomic E-state index is 0.0187. The summed E-state index contributed by atoms with van der Waals surface area (Å²) >= 11 is 12.7. The van der Waals surface area contributed by atoms with E-state index in [2.05, 4.69) is 67.3 Å². The maximum atomic E-state index is 6.48. The Bertz CT molecular complexity index is 999. The number of H-pyrrole nitrogens is 1. The summed E-state index contributed by atoms with van der Waals surface area (Å²) < 4.78 is 6.23. The van der Waals surface area contributed by atoms with E-state index < -0.39 is 0 Å². The Morgan fingerprint density at radius 1 is 1.14 bits per heavy atom. The molecule has 2 unspecified atom stereocenters. The monoisotopic (exact) mass is 430 g/mol. The minimum atomic E-state index is -0.0187. The number of aromatic amines is 1. The highest BCUT2D eigenvalue weighted by atomic mass is 35.5. The van der Waals surface area contributed by atoms with Gasteiger partial charge in [0, 0.05) is 16.6 Å². The van der Waals surface area contributed by atoms with E-state index in [1.54, 1.807) is 0 Å². The fourth-order valence-corrected chi connectivity index (χ4v) is 5.25. The van der Waals surface area contributed by atoms with Crippen LogP contribution in [0, 0.1) is 0 Å². The lowest BCUT2D eigenvalue weighted by molar-refractivity contribution is 0.0167. The normalized spacial score (nSPS) is 18.8. The molecule has 1 aliphatic heterocycles. The lowest BCUT2D eigenvalue weighted by Gasteiger charge is -2.41. The summed E-state index contributed by atoms with van der Waals surface area (Å²) in [5.74, 6) is 0. The maximum Gasteiger partial charge on any atom is 0.0976 e. The van der Waals surface area contributed by atoms with Gasteiger partial charge in [-0.3, -0.25) is 4.90 Å².